The molecular weight excluding hydrogens is 408 g/mol. The van der Waals surface area contributed by atoms with Gasteiger partial charge in [0.05, 0.1) is 5.69 Å². The number of hydrogen-bond acceptors (Lipinski definition) is 7. The number of thioether (sulfide) groups is 1. The number of hydrogen-bond donors (Lipinski definition) is 1. The van der Waals surface area contributed by atoms with E-state index < -0.39 is 5.63 Å². The van der Waals surface area contributed by atoms with Gasteiger partial charge in [0.15, 0.2) is 11.7 Å². The van der Waals surface area contributed by atoms with Gasteiger partial charge in [-0.25, -0.2) is 9.78 Å². The number of aromatic nitrogens is 1. The molecule has 29 heavy (non-hydrogen) atoms. The Morgan fingerprint density at radius 1 is 1.17 bits per heavy atom. The van der Waals surface area contributed by atoms with Crippen LogP contribution in [-0.4, -0.2) is 23.8 Å². The van der Waals surface area contributed by atoms with Gasteiger partial charge >= 0.3 is 5.63 Å². The molecule has 4 rings (SSSR count). The van der Waals surface area contributed by atoms with Crippen molar-refractivity contribution in [2.24, 2.45) is 0 Å². The average Bonchev–Trinajstić information content (AvgIpc) is 3.20. The molecule has 6 nitrogen and oxygen atoms in total. The molecule has 0 bridgehead atoms. The number of rotatable bonds is 6. The maximum atomic E-state index is 12.2. The SMILES string of the molecule is CSc1ccc(-c2csc(NC(=O)COc3ccc4ccc(=O)oc4c3)n2)cc1. The third-order valence-electron chi connectivity index (χ3n) is 4.10. The van der Waals surface area contributed by atoms with E-state index >= 15 is 0 Å². The summed E-state index contributed by atoms with van der Waals surface area (Å²) >= 11 is 3.04. The predicted octanol–water partition coefficient (Wildman–Crippen LogP) is 4.66. The van der Waals surface area contributed by atoms with Crippen molar-refractivity contribution < 1.29 is 13.9 Å². The molecule has 0 saturated heterocycles. The van der Waals surface area contributed by atoms with Crippen molar-refractivity contribution >= 4 is 45.1 Å². The van der Waals surface area contributed by atoms with Gasteiger partial charge in [-0.1, -0.05) is 12.1 Å². The zero-order chi connectivity index (χ0) is 20.2. The lowest BCUT2D eigenvalue weighted by Crippen LogP contribution is -2.20. The summed E-state index contributed by atoms with van der Waals surface area (Å²) < 4.78 is 10.6. The van der Waals surface area contributed by atoms with E-state index in [1.54, 1.807) is 36.0 Å². The molecule has 0 radical (unpaired) electrons. The Labute approximate surface area is 174 Å². The molecule has 0 unspecified atom stereocenters. The van der Waals surface area contributed by atoms with Gasteiger partial charge in [-0.05, 0) is 36.6 Å². The standard InChI is InChI=1S/C21H16N2O4S2/c1-28-16-7-3-13(4-8-16)17-12-29-21(22-17)23-19(24)11-26-15-6-2-14-5-9-20(25)27-18(14)10-15/h2-10,12H,11H2,1H3,(H,22,23,24). The molecular formula is C21H16N2O4S2. The molecule has 4 aromatic rings. The zero-order valence-corrected chi connectivity index (χ0v) is 17.0. The van der Waals surface area contributed by atoms with E-state index in [4.69, 9.17) is 9.15 Å². The van der Waals surface area contributed by atoms with Gasteiger partial charge in [0.1, 0.15) is 11.3 Å². The fourth-order valence-corrected chi connectivity index (χ4v) is 3.80. The second-order valence-corrected chi connectivity index (χ2v) is 7.80. The topological polar surface area (TPSA) is 81.4 Å². The van der Waals surface area contributed by atoms with E-state index in [1.165, 1.54) is 22.3 Å². The number of carbonyl (C=O) groups is 1. The minimum Gasteiger partial charge on any atom is -0.484 e. The molecule has 2 aromatic heterocycles. The van der Waals surface area contributed by atoms with E-state index in [0.29, 0.717) is 16.5 Å². The van der Waals surface area contributed by atoms with Crippen molar-refractivity contribution in [3.63, 3.8) is 0 Å². The maximum absolute atomic E-state index is 12.2. The first-order valence-electron chi connectivity index (χ1n) is 8.67. The van der Waals surface area contributed by atoms with Crippen molar-refractivity contribution in [1.82, 2.24) is 4.98 Å². The molecule has 0 fully saturated rings. The first kappa shape index (κ1) is 19.2. The summed E-state index contributed by atoms with van der Waals surface area (Å²) in [6.45, 7) is -0.181. The minimum atomic E-state index is -0.435. The maximum Gasteiger partial charge on any atom is 0.336 e. The number of fused-ring (bicyclic) bond motifs is 1. The zero-order valence-electron chi connectivity index (χ0n) is 15.4. The van der Waals surface area contributed by atoms with Gasteiger partial charge in [0.25, 0.3) is 5.91 Å². The number of carbonyl (C=O) groups excluding carboxylic acids is 1. The summed E-state index contributed by atoms with van der Waals surface area (Å²) in [7, 11) is 0. The molecule has 146 valence electrons. The molecule has 1 amide bonds. The number of ether oxygens (including phenoxy) is 1. The molecule has 8 heteroatoms. The summed E-state index contributed by atoms with van der Waals surface area (Å²) in [4.78, 5) is 29.1. The molecule has 1 N–H and O–H groups in total. The Kier molecular flexibility index (Phi) is 5.64. The Morgan fingerprint density at radius 2 is 1.97 bits per heavy atom. The molecule has 2 heterocycles. The van der Waals surface area contributed by atoms with Crippen LogP contribution in [0.1, 0.15) is 0 Å². The van der Waals surface area contributed by atoms with Crippen LogP contribution in [-0.2, 0) is 4.79 Å². The highest BCUT2D eigenvalue weighted by Gasteiger charge is 2.10. The molecule has 0 aliphatic carbocycles. The highest BCUT2D eigenvalue weighted by Crippen LogP contribution is 2.27. The van der Waals surface area contributed by atoms with E-state index in [2.05, 4.69) is 10.3 Å². The van der Waals surface area contributed by atoms with Crippen molar-refractivity contribution in [2.45, 2.75) is 4.90 Å². The molecule has 0 atom stereocenters. The Hall–Kier alpha value is -3.10. The van der Waals surface area contributed by atoms with Gasteiger partial charge < -0.3 is 9.15 Å². The quantitative estimate of drug-likeness (QED) is 0.358. The van der Waals surface area contributed by atoms with Crippen molar-refractivity contribution in [3.8, 4) is 17.0 Å². The third-order valence-corrected chi connectivity index (χ3v) is 5.60. The fraction of sp³-hybridized carbons (Fsp3) is 0.0952. The van der Waals surface area contributed by atoms with Crippen molar-refractivity contribution in [2.75, 3.05) is 18.2 Å². The van der Waals surface area contributed by atoms with E-state index in [0.717, 1.165) is 16.6 Å². The third kappa shape index (κ3) is 4.67. The van der Waals surface area contributed by atoms with E-state index in [1.807, 2.05) is 35.9 Å². The second kappa shape index (κ2) is 8.50. The lowest BCUT2D eigenvalue weighted by Gasteiger charge is -2.06. The number of amides is 1. The summed E-state index contributed by atoms with van der Waals surface area (Å²) in [5, 5.41) is 5.92. The molecule has 0 aliphatic heterocycles. The van der Waals surface area contributed by atoms with Crippen LogP contribution in [0.25, 0.3) is 22.2 Å². The lowest BCUT2D eigenvalue weighted by atomic mass is 10.2. The summed E-state index contributed by atoms with van der Waals surface area (Å²) in [6.07, 6.45) is 2.03. The first-order chi connectivity index (χ1) is 14.1. The number of thiazole rings is 1. The summed E-state index contributed by atoms with van der Waals surface area (Å²) in [5.41, 5.74) is 1.78. The predicted molar refractivity (Wildman–Crippen MR) is 116 cm³/mol. The number of anilines is 1. The van der Waals surface area contributed by atoms with Crippen molar-refractivity contribution in [3.05, 3.63) is 70.4 Å². The normalized spacial score (nSPS) is 10.8. The van der Waals surface area contributed by atoms with Gasteiger partial charge in [0.2, 0.25) is 0 Å². The number of benzene rings is 2. The highest BCUT2D eigenvalue weighted by atomic mass is 32.2. The number of nitrogens with zero attached hydrogens (tertiary/aromatic N) is 1. The Morgan fingerprint density at radius 3 is 2.76 bits per heavy atom. The first-order valence-corrected chi connectivity index (χ1v) is 10.8. The van der Waals surface area contributed by atoms with Gasteiger partial charge in [-0.15, -0.1) is 23.1 Å². The molecule has 0 aliphatic rings. The Bertz CT molecular complexity index is 1220. The van der Waals surface area contributed by atoms with Gasteiger partial charge in [-0.3, -0.25) is 10.1 Å². The minimum absolute atomic E-state index is 0.181. The smallest absolute Gasteiger partial charge is 0.336 e. The Balaban J connectivity index is 1.37. The van der Waals surface area contributed by atoms with Crippen LogP contribution in [0.4, 0.5) is 5.13 Å². The monoisotopic (exact) mass is 424 g/mol. The van der Waals surface area contributed by atoms with E-state index in [-0.39, 0.29) is 12.5 Å². The molecule has 0 saturated carbocycles. The van der Waals surface area contributed by atoms with Gasteiger partial charge in [-0.2, -0.15) is 0 Å². The lowest BCUT2D eigenvalue weighted by molar-refractivity contribution is -0.118. The van der Waals surface area contributed by atoms with Crippen LogP contribution < -0.4 is 15.7 Å². The van der Waals surface area contributed by atoms with Crippen LogP contribution >= 0.6 is 23.1 Å². The largest absolute Gasteiger partial charge is 0.484 e. The van der Waals surface area contributed by atoms with Crippen molar-refractivity contribution in [1.29, 1.82) is 0 Å². The fourth-order valence-electron chi connectivity index (χ4n) is 2.66. The highest BCUT2D eigenvalue weighted by molar-refractivity contribution is 7.98. The van der Waals surface area contributed by atoms with Crippen LogP contribution in [0.5, 0.6) is 5.75 Å². The number of nitrogens with one attached hydrogen (secondary N) is 1. The van der Waals surface area contributed by atoms with Gasteiger partial charge in [0, 0.05) is 33.4 Å². The second-order valence-electron chi connectivity index (χ2n) is 6.06. The van der Waals surface area contributed by atoms with Crippen LogP contribution in [0, 0.1) is 0 Å². The van der Waals surface area contributed by atoms with Crippen LogP contribution in [0.3, 0.4) is 0 Å². The van der Waals surface area contributed by atoms with Crippen LogP contribution in [0.2, 0.25) is 0 Å². The molecule has 2 aromatic carbocycles. The summed E-state index contributed by atoms with van der Waals surface area (Å²) in [6, 6.07) is 16.2. The van der Waals surface area contributed by atoms with Crippen LogP contribution in [0.15, 0.2) is 74.1 Å². The average molecular weight is 425 g/mol. The molecule has 0 spiro atoms. The van der Waals surface area contributed by atoms with E-state index in [9.17, 15) is 9.59 Å². The summed E-state index contributed by atoms with van der Waals surface area (Å²) in [5.74, 6) is 0.119.